The van der Waals surface area contributed by atoms with E-state index in [4.69, 9.17) is 9.47 Å². The molecule has 1 aliphatic rings. The van der Waals surface area contributed by atoms with E-state index in [2.05, 4.69) is 0 Å². The highest BCUT2D eigenvalue weighted by Crippen LogP contribution is 2.34. The molecule has 0 saturated carbocycles. The molecule has 8 heteroatoms. The van der Waals surface area contributed by atoms with E-state index >= 15 is 0 Å². The van der Waals surface area contributed by atoms with E-state index in [0.29, 0.717) is 30.2 Å². The van der Waals surface area contributed by atoms with E-state index in [9.17, 15) is 14.0 Å². The lowest BCUT2D eigenvalue weighted by atomic mass is 10.0. The molecule has 2 amide bonds. The Morgan fingerprint density at radius 1 is 1.15 bits per heavy atom. The van der Waals surface area contributed by atoms with Crippen molar-refractivity contribution in [2.75, 3.05) is 33.4 Å². The minimum Gasteiger partial charge on any atom is -0.497 e. The van der Waals surface area contributed by atoms with Crippen molar-refractivity contribution >= 4 is 23.2 Å². The van der Waals surface area contributed by atoms with Crippen LogP contribution < -0.4 is 9.47 Å². The van der Waals surface area contributed by atoms with Crippen LogP contribution in [0.4, 0.5) is 4.39 Å². The summed E-state index contributed by atoms with van der Waals surface area (Å²) < 4.78 is 24.6. The zero-order chi connectivity index (χ0) is 24.1. The van der Waals surface area contributed by atoms with Crippen LogP contribution >= 0.6 is 11.3 Å². The van der Waals surface area contributed by atoms with Crippen LogP contribution in [-0.2, 0) is 11.2 Å². The fourth-order valence-electron chi connectivity index (χ4n) is 4.10. The number of fused-ring (bicyclic) bond motifs is 1. The lowest BCUT2D eigenvalue weighted by Crippen LogP contribution is -2.47. The molecule has 0 N–H and O–H groups in total. The minimum absolute atomic E-state index is 0.0305. The summed E-state index contributed by atoms with van der Waals surface area (Å²) in [7, 11) is 1.57. The van der Waals surface area contributed by atoms with Crippen molar-refractivity contribution in [2.45, 2.75) is 19.4 Å². The zero-order valence-corrected chi connectivity index (χ0v) is 20.0. The van der Waals surface area contributed by atoms with Gasteiger partial charge in [0.25, 0.3) is 5.91 Å². The van der Waals surface area contributed by atoms with E-state index in [0.717, 1.165) is 12.0 Å². The Morgan fingerprint density at radius 2 is 1.94 bits per heavy atom. The summed E-state index contributed by atoms with van der Waals surface area (Å²) in [4.78, 5) is 31.0. The van der Waals surface area contributed by atoms with Gasteiger partial charge in [0.1, 0.15) is 30.5 Å². The van der Waals surface area contributed by atoms with Crippen LogP contribution in [0.3, 0.4) is 0 Å². The predicted octanol–water partition coefficient (Wildman–Crippen LogP) is 4.56. The van der Waals surface area contributed by atoms with Gasteiger partial charge >= 0.3 is 0 Å². The molecule has 178 valence electrons. The first kappa shape index (κ1) is 23.8. The van der Waals surface area contributed by atoms with Crippen molar-refractivity contribution < 1.29 is 23.5 Å². The first-order chi connectivity index (χ1) is 16.5. The number of halogens is 1. The standard InChI is InChI=1S/C26H27FN2O4S/c1-3-28(26(31)18-7-9-20(32-2)10-8-18)16-25(30)29-13-11-24-22(12-14-34-24)23(29)17-33-21-6-4-5-19(27)15-21/h4-10,12,14-15,23H,3,11,13,16-17H2,1-2H3. The average molecular weight is 483 g/mol. The number of rotatable bonds is 8. The van der Waals surface area contributed by atoms with E-state index in [1.54, 1.807) is 59.7 Å². The van der Waals surface area contributed by atoms with Gasteiger partial charge in [0, 0.05) is 29.6 Å². The second-order valence-corrected chi connectivity index (χ2v) is 8.97. The molecule has 2 heterocycles. The van der Waals surface area contributed by atoms with Gasteiger partial charge < -0.3 is 19.3 Å². The molecule has 4 rings (SSSR count). The average Bonchev–Trinajstić information content (AvgIpc) is 3.34. The van der Waals surface area contributed by atoms with E-state index in [-0.39, 0.29) is 36.8 Å². The van der Waals surface area contributed by atoms with Crippen molar-refractivity contribution in [3.63, 3.8) is 0 Å². The number of amides is 2. The van der Waals surface area contributed by atoms with E-state index in [1.165, 1.54) is 21.9 Å². The number of carbonyl (C=O) groups is 2. The highest BCUT2D eigenvalue weighted by Gasteiger charge is 2.33. The van der Waals surface area contributed by atoms with E-state index in [1.807, 2.05) is 18.4 Å². The summed E-state index contributed by atoms with van der Waals surface area (Å²) in [6.07, 6.45) is 0.758. The number of thiophene rings is 1. The topological polar surface area (TPSA) is 59.1 Å². The molecule has 3 aromatic rings. The first-order valence-corrected chi connectivity index (χ1v) is 12.1. The SMILES string of the molecule is CCN(CC(=O)N1CCc2sccc2C1COc1cccc(F)c1)C(=O)c1ccc(OC)cc1. The van der Waals surface area contributed by atoms with Gasteiger partial charge in [0.05, 0.1) is 13.2 Å². The Labute approximate surface area is 202 Å². The van der Waals surface area contributed by atoms with Crippen LogP contribution in [0.25, 0.3) is 0 Å². The predicted molar refractivity (Wildman–Crippen MR) is 129 cm³/mol. The van der Waals surface area contributed by atoms with Gasteiger partial charge in [-0.3, -0.25) is 9.59 Å². The number of hydrogen-bond donors (Lipinski definition) is 0. The lowest BCUT2D eigenvalue weighted by Gasteiger charge is -2.37. The third-order valence-electron chi connectivity index (χ3n) is 5.95. The maximum Gasteiger partial charge on any atom is 0.254 e. The number of benzene rings is 2. The van der Waals surface area contributed by atoms with Gasteiger partial charge in [-0.25, -0.2) is 4.39 Å². The molecule has 6 nitrogen and oxygen atoms in total. The van der Waals surface area contributed by atoms with Crippen molar-refractivity contribution in [3.05, 3.63) is 81.8 Å². The van der Waals surface area contributed by atoms with Gasteiger partial charge in [-0.2, -0.15) is 0 Å². The first-order valence-electron chi connectivity index (χ1n) is 11.2. The molecule has 0 saturated heterocycles. The number of carbonyl (C=O) groups excluding carboxylic acids is 2. The van der Waals surface area contributed by atoms with Gasteiger partial charge in [-0.15, -0.1) is 11.3 Å². The fraction of sp³-hybridized carbons (Fsp3) is 0.308. The molecule has 0 spiro atoms. The van der Waals surface area contributed by atoms with Gasteiger partial charge in [-0.1, -0.05) is 6.07 Å². The molecule has 0 bridgehead atoms. The maximum absolute atomic E-state index is 13.6. The Kier molecular flexibility index (Phi) is 7.47. The molecular weight excluding hydrogens is 455 g/mol. The van der Waals surface area contributed by atoms with Crippen molar-refractivity contribution in [3.8, 4) is 11.5 Å². The molecule has 0 aliphatic carbocycles. The van der Waals surface area contributed by atoms with Crippen LogP contribution in [0.1, 0.15) is 33.8 Å². The van der Waals surface area contributed by atoms with Crippen molar-refractivity contribution in [2.24, 2.45) is 0 Å². The molecule has 1 aliphatic heterocycles. The Hall–Kier alpha value is -3.39. The zero-order valence-electron chi connectivity index (χ0n) is 19.2. The summed E-state index contributed by atoms with van der Waals surface area (Å²) in [5.41, 5.74) is 1.55. The normalized spacial score (nSPS) is 14.9. The molecule has 0 radical (unpaired) electrons. The lowest BCUT2D eigenvalue weighted by molar-refractivity contribution is -0.135. The maximum atomic E-state index is 13.6. The second-order valence-electron chi connectivity index (χ2n) is 7.97. The van der Waals surface area contributed by atoms with Crippen molar-refractivity contribution in [1.82, 2.24) is 9.80 Å². The Balaban J connectivity index is 1.49. The number of methoxy groups -OCH3 is 1. The van der Waals surface area contributed by atoms with Crippen LogP contribution in [-0.4, -0.2) is 55.0 Å². The quantitative estimate of drug-likeness (QED) is 0.472. The number of hydrogen-bond acceptors (Lipinski definition) is 5. The smallest absolute Gasteiger partial charge is 0.254 e. The molecule has 2 aromatic carbocycles. The second kappa shape index (κ2) is 10.7. The third-order valence-corrected chi connectivity index (χ3v) is 6.95. The Bertz CT molecular complexity index is 1150. The summed E-state index contributed by atoms with van der Waals surface area (Å²) >= 11 is 1.66. The molecular formula is C26H27FN2O4S. The highest BCUT2D eigenvalue weighted by molar-refractivity contribution is 7.10. The number of likely N-dealkylation sites (N-methyl/N-ethyl adjacent to an activating group) is 1. The summed E-state index contributed by atoms with van der Waals surface area (Å²) in [6.45, 7) is 2.97. The van der Waals surface area contributed by atoms with Crippen LogP contribution in [0.5, 0.6) is 11.5 Å². The summed E-state index contributed by atoms with van der Waals surface area (Å²) in [6, 6.07) is 14.5. The highest BCUT2D eigenvalue weighted by atomic mass is 32.1. The molecule has 34 heavy (non-hydrogen) atoms. The van der Waals surface area contributed by atoms with Crippen molar-refractivity contribution in [1.29, 1.82) is 0 Å². The fourth-order valence-corrected chi connectivity index (χ4v) is 5.03. The molecule has 1 atom stereocenters. The molecule has 0 fully saturated rings. The van der Waals surface area contributed by atoms with Crippen LogP contribution in [0, 0.1) is 5.82 Å². The van der Waals surface area contributed by atoms with Crippen LogP contribution in [0.2, 0.25) is 0 Å². The van der Waals surface area contributed by atoms with Gasteiger partial charge in [-0.05, 0) is 66.8 Å². The minimum atomic E-state index is -0.374. The number of ether oxygens (including phenoxy) is 2. The van der Waals surface area contributed by atoms with Gasteiger partial charge in [0.15, 0.2) is 0 Å². The molecule has 1 aromatic heterocycles. The molecule has 1 unspecified atom stereocenters. The third kappa shape index (κ3) is 5.22. The summed E-state index contributed by atoms with van der Waals surface area (Å²) in [5, 5.41) is 2.01. The monoisotopic (exact) mass is 482 g/mol. The Morgan fingerprint density at radius 3 is 2.65 bits per heavy atom. The van der Waals surface area contributed by atoms with E-state index < -0.39 is 0 Å². The largest absolute Gasteiger partial charge is 0.497 e. The number of nitrogens with zero attached hydrogens (tertiary/aromatic N) is 2. The van der Waals surface area contributed by atoms with Gasteiger partial charge in [0.2, 0.25) is 5.91 Å². The van der Waals surface area contributed by atoms with Crippen LogP contribution in [0.15, 0.2) is 60.0 Å². The summed E-state index contributed by atoms with van der Waals surface area (Å²) in [5.74, 6) is 0.352.